The van der Waals surface area contributed by atoms with Crippen molar-refractivity contribution < 1.29 is 0 Å². The van der Waals surface area contributed by atoms with Gasteiger partial charge in [-0.2, -0.15) is 0 Å². The van der Waals surface area contributed by atoms with Crippen molar-refractivity contribution >= 4 is 41.5 Å². The molecule has 2 atom stereocenters. The molecule has 1 aliphatic rings. The Balaban J connectivity index is 2.32. The van der Waals surface area contributed by atoms with Crippen LogP contribution in [0.15, 0.2) is 23.9 Å². The Bertz CT molecular complexity index is 522. The fourth-order valence-electron chi connectivity index (χ4n) is 3.66. The highest BCUT2D eigenvalue weighted by molar-refractivity contribution is 6.71. The molecule has 4 nitrogen and oxygen atoms in total. The summed E-state index contributed by atoms with van der Waals surface area (Å²) in [6.07, 6.45) is 12.3. The van der Waals surface area contributed by atoms with Crippen LogP contribution in [0.2, 0.25) is 0 Å². The number of nitrogens with one attached hydrogen (secondary N) is 3. The van der Waals surface area contributed by atoms with E-state index in [1.165, 1.54) is 43.8 Å². The molecule has 1 unspecified atom stereocenters. The van der Waals surface area contributed by atoms with E-state index in [4.69, 9.17) is 34.0 Å². The van der Waals surface area contributed by atoms with Gasteiger partial charge in [0.25, 0.3) is 0 Å². The van der Waals surface area contributed by atoms with Gasteiger partial charge in [0.2, 0.25) is 0 Å². The highest BCUT2D eigenvalue weighted by atomic mass is 35.5. The van der Waals surface area contributed by atoms with Crippen molar-refractivity contribution in [2.75, 3.05) is 13.6 Å². The van der Waals surface area contributed by atoms with Crippen LogP contribution in [-0.2, 0) is 0 Å². The van der Waals surface area contributed by atoms with Crippen LogP contribution in [0, 0.1) is 16.7 Å². The average Bonchev–Trinajstić information content (AvgIpc) is 2.84. The van der Waals surface area contributed by atoms with Gasteiger partial charge in [-0.1, -0.05) is 54.6 Å². The molecule has 0 heterocycles. The first-order chi connectivity index (χ1) is 12.3. The lowest BCUT2D eigenvalue weighted by Gasteiger charge is -2.23. The summed E-state index contributed by atoms with van der Waals surface area (Å²) in [6, 6.07) is 0.643. The molecule has 0 aromatic rings. The lowest BCUT2D eigenvalue weighted by molar-refractivity contribution is 0.413. The zero-order valence-corrected chi connectivity index (χ0v) is 17.7. The Kier molecular flexibility index (Phi) is 11.3. The molecule has 146 valence electrons. The Hall–Kier alpha value is -0.775. The Morgan fingerprint density at radius 2 is 1.92 bits per heavy atom. The molecule has 0 radical (unpaired) electrons. The highest BCUT2D eigenvalue weighted by Crippen LogP contribution is 2.30. The maximum atomic E-state index is 7.60. The predicted octanol–water partition coefficient (Wildman–Crippen LogP) is 4.44. The van der Waals surface area contributed by atoms with Crippen molar-refractivity contribution in [2.45, 2.75) is 63.8 Å². The van der Waals surface area contributed by atoms with E-state index in [9.17, 15) is 0 Å². The predicted molar refractivity (Wildman–Crippen MR) is 118 cm³/mol. The van der Waals surface area contributed by atoms with Gasteiger partial charge in [0.15, 0.2) is 7.98 Å². The van der Waals surface area contributed by atoms with Crippen molar-refractivity contribution in [3.05, 3.63) is 23.9 Å². The van der Waals surface area contributed by atoms with Gasteiger partial charge in [0, 0.05) is 19.7 Å². The Morgan fingerprint density at radius 1 is 1.23 bits per heavy atom. The van der Waals surface area contributed by atoms with E-state index in [1.807, 2.05) is 11.9 Å². The molecular weight excluding hydrogens is 366 g/mol. The minimum Gasteiger partial charge on any atom is -0.372 e. The van der Waals surface area contributed by atoms with Gasteiger partial charge in [-0.25, -0.2) is 0 Å². The minimum atomic E-state index is -0.114. The maximum Gasteiger partial charge on any atom is 0.182 e. The quantitative estimate of drug-likeness (QED) is 0.158. The van der Waals surface area contributed by atoms with E-state index < -0.39 is 0 Å². The Labute approximate surface area is 169 Å². The zero-order valence-electron chi connectivity index (χ0n) is 16.2. The number of rotatable bonds is 11. The van der Waals surface area contributed by atoms with Crippen molar-refractivity contribution in [3.8, 4) is 0 Å². The number of hydrogen-bond acceptors (Lipinski definition) is 4. The molecule has 7 heteroatoms. The third-order valence-electron chi connectivity index (χ3n) is 5.30. The average molecular weight is 399 g/mol. The third kappa shape index (κ3) is 8.74. The molecule has 1 fully saturated rings. The molecule has 0 aromatic carbocycles. The molecule has 1 aliphatic carbocycles. The summed E-state index contributed by atoms with van der Waals surface area (Å²) in [5.41, 5.74) is 1.91. The largest absolute Gasteiger partial charge is 0.372 e. The first-order valence-electron chi connectivity index (χ1n) is 9.61. The summed E-state index contributed by atoms with van der Waals surface area (Å²) in [5.74, 6) is 0.665. The molecule has 0 spiro atoms. The maximum absolute atomic E-state index is 7.60. The molecule has 0 aromatic heterocycles. The summed E-state index contributed by atoms with van der Waals surface area (Å²) < 4.78 is 0. The fourth-order valence-corrected chi connectivity index (χ4v) is 3.96. The number of hydrogen-bond donors (Lipinski definition) is 3. The fraction of sp³-hybridized carbons (Fsp3) is 0.684. The second kappa shape index (κ2) is 12.6. The number of halogens is 2. The van der Waals surface area contributed by atoms with Crippen LogP contribution in [0.25, 0.3) is 0 Å². The van der Waals surface area contributed by atoms with Crippen molar-refractivity contribution in [1.82, 2.24) is 10.1 Å². The van der Waals surface area contributed by atoms with E-state index >= 15 is 0 Å². The molecule has 0 aliphatic heterocycles. The van der Waals surface area contributed by atoms with E-state index in [0.717, 1.165) is 32.2 Å². The SMILES string of the molecule is BN[C@@H]1CCCCC(C(=C)CCCCCN(C)/C(=C/C(=N)Cl)C(=N)Cl)C1. The topological polar surface area (TPSA) is 63.0 Å². The first-order valence-corrected chi connectivity index (χ1v) is 10.4. The lowest BCUT2D eigenvalue weighted by Crippen LogP contribution is -2.28. The van der Waals surface area contributed by atoms with Gasteiger partial charge in [0.1, 0.15) is 10.3 Å². The standard InChI is InChI=1S/C19H33BCl2N4/c1-14(15-9-5-6-10-16(12-15)25-20)8-4-3-7-11-26(2)17(19(22)24)13-18(21)23/h13,15-16,23-25H,1,3-12,20H2,2H3/b17-13+,23-18?,24-19?/t15?,16-/m1/s1. The second-order valence-electron chi connectivity index (χ2n) is 7.28. The third-order valence-corrected chi connectivity index (χ3v) is 5.60. The minimum absolute atomic E-state index is 0.0845. The van der Waals surface area contributed by atoms with Crippen LogP contribution in [0.3, 0.4) is 0 Å². The van der Waals surface area contributed by atoms with Crippen molar-refractivity contribution in [1.29, 1.82) is 10.8 Å². The van der Waals surface area contributed by atoms with Gasteiger partial charge >= 0.3 is 0 Å². The molecule has 1 saturated carbocycles. The van der Waals surface area contributed by atoms with E-state index in [1.54, 1.807) is 0 Å². The summed E-state index contributed by atoms with van der Waals surface area (Å²) >= 11 is 11.4. The summed E-state index contributed by atoms with van der Waals surface area (Å²) in [7, 11) is 3.95. The van der Waals surface area contributed by atoms with Gasteiger partial charge in [-0.05, 0) is 50.5 Å². The molecule has 0 bridgehead atoms. The number of nitrogens with zero attached hydrogens (tertiary/aromatic N) is 1. The summed E-state index contributed by atoms with van der Waals surface area (Å²) in [6.45, 7) is 5.17. The molecular formula is C19H33BCl2N4. The lowest BCUT2D eigenvalue weighted by atomic mass is 9.87. The first kappa shape index (κ1) is 23.3. The molecule has 0 saturated heterocycles. The molecule has 0 amide bonds. The molecule has 26 heavy (non-hydrogen) atoms. The van der Waals surface area contributed by atoms with Crippen LogP contribution in [0.1, 0.15) is 57.8 Å². The van der Waals surface area contributed by atoms with E-state index in [0.29, 0.717) is 17.7 Å². The van der Waals surface area contributed by atoms with Gasteiger partial charge in [-0.3, -0.25) is 10.8 Å². The second-order valence-corrected chi connectivity index (χ2v) is 8.07. The molecule has 3 N–H and O–H groups in total. The van der Waals surface area contributed by atoms with Gasteiger partial charge in [0.05, 0.1) is 5.70 Å². The number of unbranched alkanes of at least 4 members (excludes halogenated alkanes) is 2. The number of allylic oxidation sites excluding steroid dienone is 3. The summed E-state index contributed by atoms with van der Waals surface area (Å²) in [5, 5.41) is 18.2. The normalized spacial score (nSPS) is 21.1. The van der Waals surface area contributed by atoms with E-state index in [2.05, 4.69) is 19.8 Å². The van der Waals surface area contributed by atoms with Crippen LogP contribution in [0.4, 0.5) is 0 Å². The smallest absolute Gasteiger partial charge is 0.182 e. The Morgan fingerprint density at radius 3 is 2.54 bits per heavy atom. The van der Waals surface area contributed by atoms with Gasteiger partial charge < -0.3 is 10.1 Å². The van der Waals surface area contributed by atoms with E-state index in [-0.39, 0.29) is 10.3 Å². The highest BCUT2D eigenvalue weighted by Gasteiger charge is 2.20. The van der Waals surface area contributed by atoms with Crippen molar-refractivity contribution in [3.63, 3.8) is 0 Å². The van der Waals surface area contributed by atoms with Crippen LogP contribution in [-0.4, -0.2) is 42.9 Å². The van der Waals surface area contributed by atoms with Crippen LogP contribution in [0.5, 0.6) is 0 Å². The van der Waals surface area contributed by atoms with Crippen LogP contribution < -0.4 is 5.23 Å². The monoisotopic (exact) mass is 398 g/mol. The van der Waals surface area contributed by atoms with Crippen molar-refractivity contribution in [2.24, 2.45) is 5.92 Å². The van der Waals surface area contributed by atoms with Crippen LogP contribution >= 0.6 is 23.2 Å². The van der Waals surface area contributed by atoms with Gasteiger partial charge in [-0.15, -0.1) is 0 Å². The summed E-state index contributed by atoms with van der Waals surface area (Å²) in [4.78, 5) is 1.89. The molecule has 1 rings (SSSR count). The zero-order chi connectivity index (χ0) is 19.5.